The van der Waals surface area contributed by atoms with Gasteiger partial charge in [-0.3, -0.25) is 0 Å². The van der Waals surface area contributed by atoms with Crippen LogP contribution in [0.15, 0.2) is 69.0 Å². The first-order valence-corrected chi connectivity index (χ1v) is 9.15. The fourth-order valence-electron chi connectivity index (χ4n) is 2.83. The third-order valence-corrected chi connectivity index (χ3v) is 4.84. The van der Waals surface area contributed by atoms with E-state index in [0.29, 0.717) is 5.56 Å². The molecular weight excluding hydrogens is 417 g/mol. The molecule has 0 aromatic heterocycles. The lowest BCUT2D eigenvalue weighted by Crippen LogP contribution is -2.30. The molecule has 0 aliphatic carbocycles. The molecule has 160 valence electrons. The largest absolute Gasteiger partial charge is 0.458 e. The van der Waals surface area contributed by atoms with Gasteiger partial charge in [0.2, 0.25) is 5.66 Å². The van der Waals surface area contributed by atoms with Crippen LogP contribution in [0.3, 0.4) is 0 Å². The lowest BCUT2D eigenvalue weighted by molar-refractivity contribution is -0.166. The number of benzene rings is 2. The highest BCUT2D eigenvalue weighted by Crippen LogP contribution is 2.52. The van der Waals surface area contributed by atoms with Crippen LogP contribution >= 0.6 is 0 Å². The zero-order chi connectivity index (χ0) is 22.3. The molecular formula is C20H15F3N4O4. The highest BCUT2D eigenvalue weighted by molar-refractivity contribution is 5.90. The minimum absolute atomic E-state index is 0.0491. The number of hydrogen-bond acceptors (Lipinski definition) is 8. The summed E-state index contributed by atoms with van der Waals surface area (Å²) < 4.78 is 49.0. The molecule has 2 aliphatic heterocycles. The van der Waals surface area contributed by atoms with Crippen LogP contribution in [-0.4, -0.2) is 31.3 Å². The summed E-state index contributed by atoms with van der Waals surface area (Å²) in [6.45, 7) is 1.45. The number of carbonyl (C=O) groups excluding carboxylic acids is 2. The molecule has 2 aliphatic rings. The molecule has 0 radical (unpaired) electrons. The maximum Gasteiger partial charge on any atom is 0.442 e. The summed E-state index contributed by atoms with van der Waals surface area (Å²) in [5.74, 6) is -1.35. The average molecular weight is 432 g/mol. The molecule has 0 N–H and O–H groups in total. The van der Waals surface area contributed by atoms with E-state index in [1.807, 2.05) is 6.92 Å². The quantitative estimate of drug-likeness (QED) is 0.474. The van der Waals surface area contributed by atoms with Gasteiger partial charge in [-0.15, -0.1) is 10.2 Å². The smallest absolute Gasteiger partial charge is 0.442 e. The van der Waals surface area contributed by atoms with Crippen molar-refractivity contribution in [2.24, 2.45) is 20.5 Å². The van der Waals surface area contributed by atoms with Gasteiger partial charge >= 0.3 is 23.8 Å². The summed E-state index contributed by atoms with van der Waals surface area (Å²) >= 11 is 0. The molecule has 0 saturated heterocycles. The van der Waals surface area contributed by atoms with Crippen LogP contribution in [0.25, 0.3) is 0 Å². The van der Waals surface area contributed by atoms with Crippen LogP contribution in [0.1, 0.15) is 38.8 Å². The fraction of sp³-hybridized carbons (Fsp3) is 0.300. The van der Waals surface area contributed by atoms with Crippen molar-refractivity contribution < 1.29 is 32.2 Å². The number of nitrogens with zero attached hydrogens (tertiary/aromatic N) is 4. The second-order valence-electron chi connectivity index (χ2n) is 7.02. The highest BCUT2D eigenvalue weighted by atomic mass is 19.4. The van der Waals surface area contributed by atoms with Crippen molar-refractivity contribution in [3.63, 3.8) is 0 Å². The minimum atomic E-state index is -4.64. The number of esters is 2. The Hall–Kier alpha value is -3.63. The van der Waals surface area contributed by atoms with E-state index in [-0.39, 0.29) is 24.3 Å². The van der Waals surface area contributed by atoms with Crippen LogP contribution in [0.2, 0.25) is 0 Å². The molecule has 11 heteroatoms. The average Bonchev–Trinajstić information content (AvgIpc) is 3.67. The van der Waals surface area contributed by atoms with Crippen molar-refractivity contribution in [2.75, 3.05) is 13.2 Å². The Morgan fingerprint density at radius 3 is 1.55 bits per heavy atom. The van der Waals surface area contributed by atoms with Gasteiger partial charge in [0.15, 0.2) is 0 Å². The van der Waals surface area contributed by atoms with E-state index < -0.39 is 29.4 Å². The predicted octanol–water partition coefficient (Wildman–Crippen LogP) is 4.52. The maximum atomic E-state index is 13.0. The normalized spacial score (nSPS) is 17.2. The molecule has 0 bridgehead atoms. The van der Waals surface area contributed by atoms with Gasteiger partial charge < -0.3 is 9.47 Å². The van der Waals surface area contributed by atoms with Crippen molar-refractivity contribution in [3.8, 4) is 0 Å². The van der Waals surface area contributed by atoms with Gasteiger partial charge in [-0.2, -0.15) is 23.4 Å². The van der Waals surface area contributed by atoms with Gasteiger partial charge in [0, 0.05) is 11.1 Å². The van der Waals surface area contributed by atoms with E-state index in [1.165, 1.54) is 12.1 Å². The van der Waals surface area contributed by atoms with Crippen LogP contribution in [0.5, 0.6) is 0 Å². The molecule has 0 unspecified atom stereocenters. The topological polar surface area (TPSA) is 102 Å². The van der Waals surface area contributed by atoms with Gasteiger partial charge in [-0.05, 0) is 31.2 Å². The van der Waals surface area contributed by atoms with Gasteiger partial charge in [-0.25, -0.2) is 9.59 Å². The van der Waals surface area contributed by atoms with Crippen molar-refractivity contribution in [3.05, 3.63) is 70.8 Å². The SMILES string of the molecule is CC1(c2ccc(C(=O)OCCOC(=O)c3ccc(C4(C(F)(F)F)N=N4)cc3)cc2)N=N1. The molecule has 31 heavy (non-hydrogen) atoms. The zero-order valence-electron chi connectivity index (χ0n) is 16.1. The monoisotopic (exact) mass is 432 g/mol. The van der Waals surface area contributed by atoms with Crippen LogP contribution < -0.4 is 0 Å². The third-order valence-electron chi connectivity index (χ3n) is 4.84. The van der Waals surface area contributed by atoms with Crippen LogP contribution in [0.4, 0.5) is 13.2 Å². The summed E-state index contributed by atoms with van der Waals surface area (Å²) in [7, 11) is 0. The number of rotatable bonds is 7. The molecule has 0 spiro atoms. The third kappa shape index (κ3) is 4.03. The number of carbonyl (C=O) groups is 2. The molecule has 0 atom stereocenters. The van der Waals surface area contributed by atoms with E-state index in [4.69, 9.17) is 9.47 Å². The number of halogens is 3. The van der Waals surface area contributed by atoms with Gasteiger partial charge in [-0.1, -0.05) is 24.3 Å². The van der Waals surface area contributed by atoms with E-state index in [2.05, 4.69) is 20.5 Å². The van der Waals surface area contributed by atoms with Gasteiger partial charge in [0.05, 0.1) is 11.1 Å². The first-order valence-electron chi connectivity index (χ1n) is 9.15. The fourth-order valence-corrected chi connectivity index (χ4v) is 2.83. The van der Waals surface area contributed by atoms with Gasteiger partial charge in [0.25, 0.3) is 0 Å². The Balaban J connectivity index is 1.23. The molecule has 0 amide bonds. The second-order valence-corrected chi connectivity index (χ2v) is 7.02. The molecule has 2 aromatic rings. The first kappa shape index (κ1) is 20.6. The lowest BCUT2D eigenvalue weighted by Gasteiger charge is -2.14. The Morgan fingerprint density at radius 2 is 1.19 bits per heavy atom. The Bertz CT molecular complexity index is 1070. The molecule has 2 heterocycles. The first-order chi connectivity index (χ1) is 14.6. The standard InChI is InChI=1S/C20H15F3N4O4/c1-18(24-25-18)14-6-2-12(3-7-14)16(28)30-10-11-31-17(29)13-4-8-15(9-5-13)19(26-27-19)20(21,22)23/h2-9H,10-11H2,1H3. The summed E-state index contributed by atoms with van der Waals surface area (Å²) in [6, 6.07) is 11.3. The zero-order valence-corrected chi connectivity index (χ0v) is 16.1. The van der Waals surface area contributed by atoms with Crippen molar-refractivity contribution >= 4 is 11.9 Å². The van der Waals surface area contributed by atoms with Crippen molar-refractivity contribution in [1.82, 2.24) is 0 Å². The second kappa shape index (κ2) is 7.25. The number of ether oxygens (including phenoxy) is 2. The Morgan fingerprint density at radius 1 is 0.774 bits per heavy atom. The molecule has 2 aromatic carbocycles. The summed E-state index contributed by atoms with van der Waals surface area (Å²) in [4.78, 5) is 24.1. The van der Waals surface area contributed by atoms with Gasteiger partial charge in [0.1, 0.15) is 13.2 Å². The van der Waals surface area contributed by atoms with E-state index in [0.717, 1.165) is 17.7 Å². The Kier molecular flexibility index (Phi) is 4.83. The van der Waals surface area contributed by atoms with Crippen LogP contribution in [-0.2, 0) is 20.8 Å². The van der Waals surface area contributed by atoms with Crippen molar-refractivity contribution in [1.29, 1.82) is 0 Å². The summed E-state index contributed by atoms with van der Waals surface area (Å²) in [5.41, 5.74) is -2.03. The van der Waals surface area contributed by atoms with E-state index in [1.54, 1.807) is 24.3 Å². The molecule has 4 rings (SSSR count). The predicted molar refractivity (Wildman–Crippen MR) is 98.2 cm³/mol. The van der Waals surface area contributed by atoms with Crippen molar-refractivity contribution in [2.45, 2.75) is 24.4 Å². The number of hydrogen-bond donors (Lipinski definition) is 0. The minimum Gasteiger partial charge on any atom is -0.458 e. The van der Waals surface area contributed by atoms with Crippen LogP contribution in [0, 0.1) is 0 Å². The van der Waals surface area contributed by atoms with E-state index in [9.17, 15) is 22.8 Å². The van der Waals surface area contributed by atoms with E-state index >= 15 is 0 Å². The molecule has 0 saturated carbocycles. The maximum absolute atomic E-state index is 13.0. The Labute approximate surface area is 173 Å². The highest BCUT2D eigenvalue weighted by Gasteiger charge is 2.65. The lowest BCUT2D eigenvalue weighted by atomic mass is 10.0. The summed E-state index contributed by atoms with van der Waals surface area (Å²) in [5, 5.41) is 14.0. The molecule has 0 fully saturated rings. The summed E-state index contributed by atoms with van der Waals surface area (Å²) in [6.07, 6.45) is -4.64. The molecule has 8 nitrogen and oxygen atoms in total. The number of alkyl halides is 3.